The van der Waals surface area contributed by atoms with E-state index in [1.165, 1.54) is 0 Å². The van der Waals surface area contributed by atoms with Crippen LogP contribution in [0.5, 0.6) is 0 Å². The van der Waals surface area contributed by atoms with Crippen molar-refractivity contribution in [2.24, 2.45) is 11.7 Å². The van der Waals surface area contributed by atoms with Crippen molar-refractivity contribution in [1.29, 1.82) is 0 Å². The normalized spacial score (nSPS) is 15.3. The Morgan fingerprint density at radius 2 is 2.13 bits per heavy atom. The molecule has 23 heavy (non-hydrogen) atoms. The van der Waals surface area contributed by atoms with E-state index in [4.69, 9.17) is 5.73 Å². The molecule has 126 valence electrons. The Hall–Kier alpha value is -1.83. The first kappa shape index (κ1) is 17.5. The molecule has 2 heterocycles. The number of pyridine rings is 1. The summed E-state index contributed by atoms with van der Waals surface area (Å²) in [5, 5.41) is 2.63. The first-order valence-corrected chi connectivity index (χ1v) is 8.40. The van der Waals surface area contributed by atoms with Gasteiger partial charge in [-0.25, -0.2) is 9.78 Å². The van der Waals surface area contributed by atoms with E-state index in [0.29, 0.717) is 12.5 Å². The van der Waals surface area contributed by atoms with Crippen LogP contribution in [0, 0.1) is 5.92 Å². The third-order valence-electron chi connectivity index (χ3n) is 3.81. The summed E-state index contributed by atoms with van der Waals surface area (Å²) < 4.78 is 5.48. The summed E-state index contributed by atoms with van der Waals surface area (Å²) >= 11 is 3.39. The fourth-order valence-corrected chi connectivity index (χ4v) is 2.92. The molecule has 0 aliphatic carbocycles. The summed E-state index contributed by atoms with van der Waals surface area (Å²) in [4.78, 5) is 28.5. The maximum Gasteiger partial charge on any atom is 0.407 e. The maximum absolute atomic E-state index is 11.3. The Bertz CT molecular complexity index is 547. The van der Waals surface area contributed by atoms with Gasteiger partial charge >= 0.3 is 6.09 Å². The monoisotopic (exact) mass is 384 g/mol. The Balaban J connectivity index is 1.65. The highest BCUT2D eigenvalue weighted by Gasteiger charge is 2.20. The summed E-state index contributed by atoms with van der Waals surface area (Å²) in [5.74, 6) is 0.898. The van der Waals surface area contributed by atoms with Crippen molar-refractivity contribution >= 4 is 33.7 Å². The molecule has 3 N–H and O–H groups in total. The standard InChI is InChI=1S/C15H21BrN4O3/c16-12-2-1-3-14(19-12)20-8-5-11(6-9-20)4-7-18-15(22)23-10-13(17)21/h1-3,11H,4-10H2,(H2,17,21)(H,18,22). The Morgan fingerprint density at radius 1 is 1.39 bits per heavy atom. The fraction of sp³-hybridized carbons (Fsp3) is 0.533. The van der Waals surface area contributed by atoms with Gasteiger partial charge in [0.1, 0.15) is 10.4 Å². The second-order valence-corrected chi connectivity index (χ2v) is 6.32. The highest BCUT2D eigenvalue weighted by atomic mass is 79.9. The zero-order valence-corrected chi connectivity index (χ0v) is 14.4. The summed E-state index contributed by atoms with van der Waals surface area (Å²) in [6.45, 7) is 2.07. The quantitative estimate of drug-likeness (QED) is 0.726. The van der Waals surface area contributed by atoms with E-state index in [-0.39, 0.29) is 6.61 Å². The molecule has 0 saturated carbocycles. The van der Waals surface area contributed by atoms with Crippen LogP contribution in [0.3, 0.4) is 0 Å². The van der Waals surface area contributed by atoms with Gasteiger partial charge in [0.15, 0.2) is 6.61 Å². The number of nitrogens with two attached hydrogens (primary N) is 1. The van der Waals surface area contributed by atoms with Gasteiger partial charge in [-0.2, -0.15) is 0 Å². The molecule has 1 aliphatic rings. The lowest BCUT2D eigenvalue weighted by molar-refractivity contribution is -0.120. The minimum Gasteiger partial charge on any atom is -0.439 e. The van der Waals surface area contributed by atoms with E-state index in [1.54, 1.807) is 0 Å². The molecule has 1 aromatic heterocycles. The minimum atomic E-state index is -0.659. The van der Waals surface area contributed by atoms with E-state index in [9.17, 15) is 9.59 Å². The molecule has 0 atom stereocenters. The summed E-state index contributed by atoms with van der Waals surface area (Å²) in [6, 6.07) is 5.92. The number of nitrogens with one attached hydrogen (secondary N) is 1. The smallest absolute Gasteiger partial charge is 0.407 e. The third-order valence-corrected chi connectivity index (χ3v) is 4.25. The van der Waals surface area contributed by atoms with Crippen molar-refractivity contribution in [3.05, 3.63) is 22.8 Å². The molecule has 0 bridgehead atoms. The van der Waals surface area contributed by atoms with Gasteiger partial charge < -0.3 is 20.7 Å². The molecule has 8 heteroatoms. The predicted molar refractivity (Wildman–Crippen MR) is 90.0 cm³/mol. The van der Waals surface area contributed by atoms with E-state index in [2.05, 4.69) is 35.9 Å². The molecule has 2 rings (SSSR count). The summed E-state index contributed by atoms with van der Waals surface area (Å²) in [6.07, 6.45) is 2.42. The number of nitrogens with zero attached hydrogens (tertiary/aromatic N) is 2. The van der Waals surface area contributed by atoms with Crippen LogP contribution < -0.4 is 16.0 Å². The average Bonchev–Trinajstić information content (AvgIpc) is 2.53. The second kappa shape index (κ2) is 8.71. The van der Waals surface area contributed by atoms with Gasteiger partial charge in [0.05, 0.1) is 0 Å². The van der Waals surface area contributed by atoms with Gasteiger partial charge in [0.25, 0.3) is 5.91 Å². The summed E-state index contributed by atoms with van der Waals surface area (Å²) in [7, 11) is 0. The van der Waals surface area contributed by atoms with Crippen molar-refractivity contribution in [3.8, 4) is 0 Å². The molecule has 1 aromatic rings. The molecule has 0 aromatic carbocycles. The van der Waals surface area contributed by atoms with Crippen LogP contribution in [0.2, 0.25) is 0 Å². The number of rotatable bonds is 6. The maximum atomic E-state index is 11.3. The molecule has 2 amide bonds. The lowest BCUT2D eigenvalue weighted by atomic mass is 9.93. The van der Waals surface area contributed by atoms with Gasteiger partial charge in [0.2, 0.25) is 0 Å². The molecule has 0 radical (unpaired) electrons. The van der Waals surface area contributed by atoms with E-state index in [1.807, 2.05) is 18.2 Å². The molecule has 0 spiro atoms. The molecule has 7 nitrogen and oxygen atoms in total. The van der Waals surface area contributed by atoms with Crippen molar-refractivity contribution in [2.45, 2.75) is 19.3 Å². The molecule has 1 fully saturated rings. The molecular weight excluding hydrogens is 364 g/mol. The van der Waals surface area contributed by atoms with Crippen molar-refractivity contribution < 1.29 is 14.3 Å². The molecule has 0 unspecified atom stereocenters. The topological polar surface area (TPSA) is 97.6 Å². The lowest BCUT2D eigenvalue weighted by Gasteiger charge is -2.32. The number of carbonyl (C=O) groups excluding carboxylic acids is 2. The molecule has 1 saturated heterocycles. The van der Waals surface area contributed by atoms with Gasteiger partial charge in [-0.3, -0.25) is 4.79 Å². The van der Waals surface area contributed by atoms with Crippen LogP contribution in [0.25, 0.3) is 0 Å². The number of aromatic nitrogens is 1. The van der Waals surface area contributed by atoms with Crippen LogP contribution >= 0.6 is 15.9 Å². The van der Waals surface area contributed by atoms with Crippen LogP contribution in [0.1, 0.15) is 19.3 Å². The van der Waals surface area contributed by atoms with E-state index >= 15 is 0 Å². The van der Waals surface area contributed by atoms with Gasteiger partial charge in [-0.15, -0.1) is 0 Å². The average molecular weight is 385 g/mol. The first-order valence-electron chi connectivity index (χ1n) is 7.61. The predicted octanol–water partition coefficient (Wildman–Crippen LogP) is 1.66. The van der Waals surface area contributed by atoms with Crippen LogP contribution in [0.15, 0.2) is 22.8 Å². The highest BCUT2D eigenvalue weighted by molar-refractivity contribution is 9.10. The number of carbonyl (C=O) groups is 2. The number of hydrogen-bond donors (Lipinski definition) is 2. The van der Waals surface area contributed by atoms with Crippen molar-refractivity contribution in [2.75, 3.05) is 31.1 Å². The highest BCUT2D eigenvalue weighted by Crippen LogP contribution is 2.24. The zero-order valence-electron chi connectivity index (χ0n) is 12.8. The second-order valence-electron chi connectivity index (χ2n) is 5.51. The van der Waals surface area contributed by atoms with Crippen LogP contribution in [0.4, 0.5) is 10.6 Å². The minimum absolute atomic E-state index is 0.385. The van der Waals surface area contributed by atoms with E-state index < -0.39 is 12.0 Å². The SMILES string of the molecule is NC(=O)COC(=O)NCCC1CCN(c2cccc(Br)n2)CC1. The Kier molecular flexibility index (Phi) is 6.64. The van der Waals surface area contributed by atoms with Crippen LogP contribution in [-0.2, 0) is 9.53 Å². The number of alkyl carbamates (subject to hydrolysis) is 1. The largest absolute Gasteiger partial charge is 0.439 e. The Labute approximate surface area is 143 Å². The lowest BCUT2D eigenvalue weighted by Crippen LogP contribution is -2.36. The number of primary amides is 1. The number of amides is 2. The number of halogens is 1. The third kappa shape index (κ3) is 6.05. The van der Waals surface area contributed by atoms with Crippen molar-refractivity contribution in [3.63, 3.8) is 0 Å². The van der Waals surface area contributed by atoms with E-state index in [0.717, 1.165) is 42.8 Å². The summed E-state index contributed by atoms with van der Waals surface area (Å²) in [5.41, 5.74) is 4.90. The molecule has 1 aliphatic heterocycles. The number of hydrogen-bond acceptors (Lipinski definition) is 5. The van der Waals surface area contributed by atoms with Crippen LogP contribution in [-0.4, -0.2) is 43.2 Å². The fourth-order valence-electron chi connectivity index (χ4n) is 2.59. The number of ether oxygens (including phenoxy) is 1. The Morgan fingerprint density at radius 3 is 2.78 bits per heavy atom. The molecular formula is C15H21BrN4O3. The van der Waals surface area contributed by atoms with Gasteiger partial charge in [-0.1, -0.05) is 6.07 Å². The van der Waals surface area contributed by atoms with Gasteiger partial charge in [0, 0.05) is 19.6 Å². The van der Waals surface area contributed by atoms with Gasteiger partial charge in [-0.05, 0) is 53.2 Å². The number of anilines is 1. The van der Waals surface area contributed by atoms with Crippen molar-refractivity contribution in [1.82, 2.24) is 10.3 Å². The first-order chi connectivity index (χ1) is 11.0. The number of piperidine rings is 1. The zero-order chi connectivity index (χ0) is 16.7.